The summed E-state index contributed by atoms with van der Waals surface area (Å²) >= 11 is 0. The van der Waals surface area contributed by atoms with E-state index >= 15 is 0 Å². The lowest BCUT2D eigenvalue weighted by molar-refractivity contribution is -0.117. The van der Waals surface area contributed by atoms with Crippen molar-refractivity contribution in [2.45, 2.75) is 32.1 Å². The highest BCUT2D eigenvalue weighted by molar-refractivity contribution is 5.94. The number of H-pyrrole nitrogens is 2. The number of fused-ring (bicyclic) bond motifs is 2. The number of carbonyl (C=O) groups excluding carboxylic acids is 1. The molecule has 0 saturated heterocycles. The summed E-state index contributed by atoms with van der Waals surface area (Å²) in [5, 5.41) is 10.5. The maximum absolute atomic E-state index is 12.5. The second-order valence-corrected chi connectivity index (χ2v) is 8.65. The minimum Gasteiger partial charge on any atom is -0.352 e. The second kappa shape index (κ2) is 8.12. The Morgan fingerprint density at radius 2 is 2.00 bits per heavy atom. The SMILES string of the molecule is O=C(CC1CCCC1)Nc1cncc(-c2ccc3[nH]nc(-c4cc5ncccc5[nH]4)c3n2)c1. The molecular formula is C25H23N7O. The number of amides is 1. The third-order valence-corrected chi connectivity index (χ3v) is 6.32. The van der Waals surface area contributed by atoms with Gasteiger partial charge in [0.25, 0.3) is 0 Å². The van der Waals surface area contributed by atoms with Crippen molar-refractivity contribution in [3.05, 3.63) is 55.0 Å². The molecule has 8 nitrogen and oxygen atoms in total. The number of hydrogen-bond acceptors (Lipinski definition) is 5. The Balaban J connectivity index is 1.30. The van der Waals surface area contributed by atoms with Crippen LogP contribution in [0.25, 0.3) is 44.7 Å². The van der Waals surface area contributed by atoms with Gasteiger partial charge in [-0.15, -0.1) is 0 Å². The lowest BCUT2D eigenvalue weighted by Gasteiger charge is -2.10. The zero-order valence-corrected chi connectivity index (χ0v) is 18.0. The smallest absolute Gasteiger partial charge is 0.224 e. The number of pyridine rings is 3. The summed E-state index contributed by atoms with van der Waals surface area (Å²) < 4.78 is 0. The highest BCUT2D eigenvalue weighted by atomic mass is 16.1. The first kappa shape index (κ1) is 19.6. The molecule has 0 atom stereocenters. The molecule has 0 spiro atoms. The maximum atomic E-state index is 12.5. The summed E-state index contributed by atoms with van der Waals surface area (Å²) in [6, 6.07) is 11.7. The molecule has 0 aliphatic heterocycles. The van der Waals surface area contributed by atoms with Crippen LogP contribution in [0.15, 0.2) is 55.0 Å². The first-order valence-electron chi connectivity index (χ1n) is 11.3. The van der Waals surface area contributed by atoms with Crippen LogP contribution in [-0.2, 0) is 4.79 Å². The van der Waals surface area contributed by atoms with E-state index in [0.717, 1.165) is 57.6 Å². The highest BCUT2D eigenvalue weighted by Crippen LogP contribution is 2.30. The van der Waals surface area contributed by atoms with Crippen molar-refractivity contribution in [3.8, 4) is 22.6 Å². The number of aromatic amines is 2. The Bertz CT molecular complexity index is 1430. The molecule has 0 radical (unpaired) electrons. The summed E-state index contributed by atoms with van der Waals surface area (Å²) in [7, 11) is 0. The number of nitrogens with one attached hydrogen (secondary N) is 3. The molecule has 1 fully saturated rings. The lowest BCUT2D eigenvalue weighted by atomic mass is 10.0. The topological polar surface area (TPSA) is 112 Å². The minimum atomic E-state index is 0.0498. The summed E-state index contributed by atoms with van der Waals surface area (Å²) in [5.41, 5.74) is 7.30. The zero-order valence-electron chi connectivity index (χ0n) is 18.0. The molecule has 0 bridgehead atoms. The van der Waals surface area contributed by atoms with Crippen LogP contribution in [0.5, 0.6) is 0 Å². The van der Waals surface area contributed by atoms with Crippen LogP contribution in [0.2, 0.25) is 0 Å². The van der Waals surface area contributed by atoms with E-state index in [-0.39, 0.29) is 5.91 Å². The Kier molecular flexibility index (Phi) is 4.83. The van der Waals surface area contributed by atoms with E-state index in [9.17, 15) is 4.79 Å². The van der Waals surface area contributed by atoms with E-state index in [0.29, 0.717) is 18.0 Å². The van der Waals surface area contributed by atoms with E-state index in [4.69, 9.17) is 4.98 Å². The van der Waals surface area contributed by atoms with Gasteiger partial charge in [0.2, 0.25) is 5.91 Å². The van der Waals surface area contributed by atoms with Crippen LogP contribution >= 0.6 is 0 Å². The van der Waals surface area contributed by atoms with Crippen molar-refractivity contribution in [1.82, 2.24) is 30.1 Å². The molecular weight excluding hydrogens is 414 g/mol. The van der Waals surface area contributed by atoms with E-state index in [1.807, 2.05) is 36.4 Å². The van der Waals surface area contributed by atoms with E-state index < -0.39 is 0 Å². The molecule has 33 heavy (non-hydrogen) atoms. The molecule has 3 N–H and O–H groups in total. The van der Waals surface area contributed by atoms with Gasteiger partial charge in [0.05, 0.1) is 39.8 Å². The summed E-state index contributed by atoms with van der Waals surface area (Å²) in [4.78, 5) is 29.4. The summed E-state index contributed by atoms with van der Waals surface area (Å²) in [6.07, 6.45) is 10.5. The number of nitrogens with zero attached hydrogens (tertiary/aromatic N) is 4. The number of aromatic nitrogens is 6. The third-order valence-electron chi connectivity index (χ3n) is 6.32. The quantitative estimate of drug-likeness (QED) is 0.355. The average Bonchev–Trinajstić information content (AvgIpc) is 3.57. The predicted octanol–water partition coefficient (Wildman–Crippen LogP) is 5.08. The monoisotopic (exact) mass is 437 g/mol. The minimum absolute atomic E-state index is 0.0498. The fourth-order valence-electron chi connectivity index (χ4n) is 4.67. The van der Waals surface area contributed by atoms with Gasteiger partial charge in [-0.1, -0.05) is 12.8 Å². The van der Waals surface area contributed by atoms with Crippen LogP contribution in [0.1, 0.15) is 32.1 Å². The Labute approximate surface area is 189 Å². The molecule has 0 unspecified atom stereocenters. The van der Waals surface area contributed by atoms with Crippen molar-refractivity contribution in [2.24, 2.45) is 5.92 Å². The zero-order chi connectivity index (χ0) is 22.2. The lowest BCUT2D eigenvalue weighted by Crippen LogP contribution is -2.15. The van der Waals surface area contributed by atoms with Crippen LogP contribution in [-0.4, -0.2) is 36.0 Å². The standard InChI is InChI=1S/C25H23N7O/c33-23(10-15-4-1-2-5-15)28-17-11-16(13-26-14-17)18-7-8-20-24(30-18)25(32-31-20)22-12-21-19(29-22)6-3-9-27-21/h3,6-9,11-15,29H,1-2,4-5,10H2,(H,28,33)(H,31,32). The van der Waals surface area contributed by atoms with Gasteiger partial charge in [-0.3, -0.25) is 19.9 Å². The van der Waals surface area contributed by atoms with Crippen molar-refractivity contribution in [2.75, 3.05) is 5.32 Å². The molecule has 1 amide bonds. The first-order valence-corrected chi connectivity index (χ1v) is 11.3. The summed E-state index contributed by atoms with van der Waals surface area (Å²) in [5.74, 6) is 0.554. The van der Waals surface area contributed by atoms with Gasteiger partial charge in [-0.2, -0.15) is 5.10 Å². The molecule has 1 aliphatic rings. The number of hydrogen-bond donors (Lipinski definition) is 3. The van der Waals surface area contributed by atoms with Gasteiger partial charge >= 0.3 is 0 Å². The third kappa shape index (κ3) is 3.84. The van der Waals surface area contributed by atoms with Crippen LogP contribution in [0, 0.1) is 5.92 Å². The molecule has 6 rings (SSSR count). The molecule has 1 saturated carbocycles. The Morgan fingerprint density at radius 3 is 2.88 bits per heavy atom. The predicted molar refractivity (Wildman–Crippen MR) is 127 cm³/mol. The maximum Gasteiger partial charge on any atom is 0.224 e. The van der Waals surface area contributed by atoms with Gasteiger partial charge in [-0.25, -0.2) is 4.98 Å². The van der Waals surface area contributed by atoms with Crippen molar-refractivity contribution in [3.63, 3.8) is 0 Å². The number of anilines is 1. The van der Waals surface area contributed by atoms with Gasteiger partial charge in [-0.05, 0) is 55.2 Å². The van der Waals surface area contributed by atoms with Crippen molar-refractivity contribution in [1.29, 1.82) is 0 Å². The van der Waals surface area contributed by atoms with Gasteiger partial charge < -0.3 is 10.3 Å². The van der Waals surface area contributed by atoms with Gasteiger partial charge in [0.15, 0.2) is 0 Å². The number of carbonyl (C=O) groups is 1. The molecule has 0 aromatic carbocycles. The van der Waals surface area contributed by atoms with E-state index in [2.05, 4.69) is 30.5 Å². The fraction of sp³-hybridized carbons (Fsp3) is 0.240. The largest absolute Gasteiger partial charge is 0.352 e. The van der Waals surface area contributed by atoms with Crippen LogP contribution < -0.4 is 5.32 Å². The van der Waals surface area contributed by atoms with Crippen molar-refractivity contribution >= 4 is 33.7 Å². The fourth-order valence-corrected chi connectivity index (χ4v) is 4.67. The molecule has 5 aromatic heterocycles. The first-order chi connectivity index (χ1) is 16.2. The van der Waals surface area contributed by atoms with E-state index in [1.54, 1.807) is 18.6 Å². The second-order valence-electron chi connectivity index (χ2n) is 8.65. The number of rotatable bonds is 5. The average molecular weight is 438 g/mol. The van der Waals surface area contributed by atoms with Crippen LogP contribution in [0.4, 0.5) is 5.69 Å². The van der Waals surface area contributed by atoms with Gasteiger partial charge in [0.1, 0.15) is 11.2 Å². The molecule has 164 valence electrons. The Morgan fingerprint density at radius 1 is 1.09 bits per heavy atom. The molecule has 1 aliphatic carbocycles. The van der Waals surface area contributed by atoms with Gasteiger partial charge in [0, 0.05) is 24.4 Å². The molecule has 5 heterocycles. The highest BCUT2D eigenvalue weighted by Gasteiger charge is 2.19. The van der Waals surface area contributed by atoms with E-state index in [1.165, 1.54) is 12.8 Å². The Hall–Kier alpha value is -4.07. The summed E-state index contributed by atoms with van der Waals surface area (Å²) in [6.45, 7) is 0. The molecule has 8 heteroatoms. The van der Waals surface area contributed by atoms with Crippen LogP contribution in [0.3, 0.4) is 0 Å². The molecule has 5 aromatic rings. The van der Waals surface area contributed by atoms with Crippen molar-refractivity contribution < 1.29 is 4.79 Å². The normalized spacial score (nSPS) is 14.3.